The number of pyridine rings is 1. The zero-order chi connectivity index (χ0) is 18.8. The number of aromatic nitrogens is 1. The molecule has 0 radical (unpaired) electrons. The Bertz CT molecular complexity index is 822. The van der Waals surface area contributed by atoms with Crippen molar-refractivity contribution in [1.29, 1.82) is 0 Å². The van der Waals surface area contributed by atoms with Crippen LogP contribution in [0.4, 0.5) is 13.2 Å². The summed E-state index contributed by atoms with van der Waals surface area (Å²) >= 11 is 0. The minimum Gasteiger partial charge on any atom is -0.481 e. The number of nitrogens with zero attached hydrogens (tertiary/aromatic N) is 2. The smallest absolute Gasteiger partial charge is 0.308 e. The first kappa shape index (κ1) is 17.9. The van der Waals surface area contributed by atoms with E-state index in [0.29, 0.717) is 5.56 Å². The lowest BCUT2D eigenvalue weighted by Gasteiger charge is -2.16. The summed E-state index contributed by atoms with van der Waals surface area (Å²) in [5.41, 5.74) is 0.692. The van der Waals surface area contributed by atoms with Gasteiger partial charge < -0.3 is 10.0 Å². The fourth-order valence-corrected chi connectivity index (χ4v) is 3.19. The van der Waals surface area contributed by atoms with Crippen molar-refractivity contribution in [1.82, 2.24) is 9.88 Å². The van der Waals surface area contributed by atoms with E-state index < -0.39 is 41.2 Å². The van der Waals surface area contributed by atoms with Crippen LogP contribution < -0.4 is 0 Å². The van der Waals surface area contributed by atoms with Crippen molar-refractivity contribution in [2.75, 3.05) is 13.1 Å². The quantitative estimate of drug-likeness (QED) is 0.846. The number of hydrogen-bond donors (Lipinski definition) is 1. The number of hydrogen-bond acceptors (Lipinski definition) is 3. The molecule has 3 rings (SSSR count). The van der Waals surface area contributed by atoms with E-state index in [1.807, 2.05) is 0 Å². The molecule has 2 atom stereocenters. The Labute approximate surface area is 147 Å². The normalized spacial score (nSPS) is 19.6. The molecule has 2 aromatic rings. The first-order valence-corrected chi connectivity index (χ1v) is 7.90. The Kier molecular flexibility index (Phi) is 4.92. The minimum atomic E-state index is -1.59. The van der Waals surface area contributed by atoms with E-state index >= 15 is 0 Å². The number of aliphatic carboxylic acids is 1. The predicted octanol–water partition coefficient (Wildman–Crippen LogP) is 2.37. The van der Waals surface area contributed by atoms with E-state index in [-0.39, 0.29) is 25.1 Å². The SMILES string of the molecule is O=C(O)[C@@H]1CN(C(=O)Cc2cc(F)c(F)c(F)c2)C[C@H]1c1cccnc1. The summed E-state index contributed by atoms with van der Waals surface area (Å²) in [6.07, 6.45) is 2.77. The molecule has 1 aliphatic rings. The number of halogens is 3. The second-order valence-electron chi connectivity index (χ2n) is 6.19. The number of amides is 1. The van der Waals surface area contributed by atoms with Crippen LogP contribution in [0.2, 0.25) is 0 Å². The van der Waals surface area contributed by atoms with Crippen molar-refractivity contribution in [2.45, 2.75) is 12.3 Å². The van der Waals surface area contributed by atoms with Crippen LogP contribution in [0.25, 0.3) is 0 Å². The molecule has 1 fully saturated rings. The van der Waals surface area contributed by atoms with Gasteiger partial charge in [-0.05, 0) is 29.3 Å². The number of carbonyl (C=O) groups is 2. The third kappa shape index (κ3) is 3.54. The third-order valence-electron chi connectivity index (χ3n) is 4.50. The van der Waals surface area contributed by atoms with E-state index in [2.05, 4.69) is 4.98 Å². The predicted molar refractivity (Wildman–Crippen MR) is 84.7 cm³/mol. The van der Waals surface area contributed by atoms with Gasteiger partial charge in [-0.3, -0.25) is 14.6 Å². The van der Waals surface area contributed by atoms with E-state index in [4.69, 9.17) is 0 Å². The maximum absolute atomic E-state index is 13.3. The highest BCUT2D eigenvalue weighted by atomic mass is 19.2. The Morgan fingerprint density at radius 2 is 1.88 bits per heavy atom. The van der Waals surface area contributed by atoms with Gasteiger partial charge in [-0.15, -0.1) is 0 Å². The van der Waals surface area contributed by atoms with Crippen molar-refractivity contribution >= 4 is 11.9 Å². The second-order valence-corrected chi connectivity index (χ2v) is 6.19. The van der Waals surface area contributed by atoms with Crippen molar-refractivity contribution < 1.29 is 27.9 Å². The number of likely N-dealkylation sites (tertiary alicyclic amines) is 1. The molecule has 1 saturated heterocycles. The molecule has 0 bridgehead atoms. The van der Waals surface area contributed by atoms with E-state index in [9.17, 15) is 27.9 Å². The highest BCUT2D eigenvalue weighted by molar-refractivity contribution is 5.81. The summed E-state index contributed by atoms with van der Waals surface area (Å²) in [6, 6.07) is 4.95. The molecule has 0 spiro atoms. The number of benzene rings is 1. The van der Waals surface area contributed by atoms with Crippen LogP contribution >= 0.6 is 0 Å². The van der Waals surface area contributed by atoms with Gasteiger partial charge in [-0.25, -0.2) is 13.2 Å². The van der Waals surface area contributed by atoms with Crippen LogP contribution in [0.1, 0.15) is 17.0 Å². The van der Waals surface area contributed by atoms with Crippen molar-refractivity contribution in [3.8, 4) is 0 Å². The first-order valence-electron chi connectivity index (χ1n) is 7.90. The van der Waals surface area contributed by atoms with Crippen LogP contribution in [0.3, 0.4) is 0 Å². The largest absolute Gasteiger partial charge is 0.481 e. The second kappa shape index (κ2) is 7.15. The maximum atomic E-state index is 13.3. The fourth-order valence-electron chi connectivity index (χ4n) is 3.19. The van der Waals surface area contributed by atoms with Crippen molar-refractivity contribution in [3.63, 3.8) is 0 Å². The lowest BCUT2D eigenvalue weighted by atomic mass is 9.90. The number of carboxylic acids is 1. The molecule has 1 aromatic heterocycles. The lowest BCUT2D eigenvalue weighted by Crippen LogP contribution is -2.31. The van der Waals surface area contributed by atoms with Gasteiger partial charge in [0.05, 0.1) is 12.3 Å². The number of carboxylic acid groups (broad SMARTS) is 1. The Morgan fingerprint density at radius 1 is 1.19 bits per heavy atom. The average Bonchev–Trinajstić information content (AvgIpc) is 3.06. The van der Waals surface area contributed by atoms with E-state index in [1.165, 1.54) is 4.90 Å². The molecule has 1 aromatic carbocycles. The Hall–Kier alpha value is -2.90. The highest BCUT2D eigenvalue weighted by Gasteiger charge is 2.40. The molecule has 26 heavy (non-hydrogen) atoms. The van der Waals surface area contributed by atoms with Crippen molar-refractivity contribution in [2.24, 2.45) is 5.92 Å². The first-order chi connectivity index (χ1) is 12.4. The molecule has 136 valence electrons. The summed E-state index contributed by atoms with van der Waals surface area (Å²) < 4.78 is 39.6. The lowest BCUT2D eigenvalue weighted by molar-refractivity contribution is -0.141. The Morgan fingerprint density at radius 3 is 2.46 bits per heavy atom. The van der Waals surface area contributed by atoms with Gasteiger partial charge in [0.15, 0.2) is 17.5 Å². The van der Waals surface area contributed by atoms with Crippen LogP contribution in [-0.2, 0) is 16.0 Å². The van der Waals surface area contributed by atoms with Gasteiger partial charge in [0, 0.05) is 31.4 Å². The molecule has 1 aliphatic heterocycles. The molecule has 5 nitrogen and oxygen atoms in total. The molecular formula is C18H15F3N2O3. The summed E-state index contributed by atoms with van der Waals surface area (Å²) in [7, 11) is 0. The molecule has 0 saturated carbocycles. The maximum Gasteiger partial charge on any atom is 0.308 e. The standard InChI is InChI=1S/C18H15F3N2O3/c19-14-4-10(5-15(20)17(14)21)6-16(24)23-8-12(13(9-23)18(25)26)11-2-1-3-22-7-11/h1-5,7,12-13H,6,8-9H2,(H,25,26)/t12-,13+/m0/s1. The summed E-state index contributed by atoms with van der Waals surface area (Å²) in [5.74, 6) is -7.07. The molecule has 0 unspecified atom stereocenters. The van der Waals surface area contributed by atoms with Gasteiger partial charge in [0.25, 0.3) is 0 Å². The summed E-state index contributed by atoms with van der Waals surface area (Å²) in [6.45, 7) is 0.146. The third-order valence-corrected chi connectivity index (χ3v) is 4.50. The molecular weight excluding hydrogens is 349 g/mol. The monoisotopic (exact) mass is 364 g/mol. The zero-order valence-corrected chi connectivity index (χ0v) is 13.5. The Balaban J connectivity index is 1.77. The number of rotatable bonds is 4. The van der Waals surface area contributed by atoms with Gasteiger partial charge in [-0.1, -0.05) is 6.07 Å². The minimum absolute atomic E-state index is 0.0110. The molecule has 1 amide bonds. The zero-order valence-electron chi connectivity index (χ0n) is 13.5. The van der Waals surface area contributed by atoms with Crippen molar-refractivity contribution in [3.05, 3.63) is 65.2 Å². The van der Waals surface area contributed by atoms with Crippen LogP contribution in [0.15, 0.2) is 36.7 Å². The topological polar surface area (TPSA) is 70.5 Å². The van der Waals surface area contributed by atoms with Crippen LogP contribution in [0, 0.1) is 23.4 Å². The van der Waals surface area contributed by atoms with Crippen LogP contribution in [0.5, 0.6) is 0 Å². The summed E-state index contributed by atoms with van der Waals surface area (Å²) in [5, 5.41) is 9.44. The highest BCUT2D eigenvalue weighted by Crippen LogP contribution is 2.33. The fraction of sp³-hybridized carbons (Fsp3) is 0.278. The molecule has 8 heteroatoms. The number of carbonyl (C=O) groups excluding carboxylic acids is 1. The van der Waals surface area contributed by atoms with E-state index in [1.54, 1.807) is 24.5 Å². The molecule has 1 N–H and O–H groups in total. The van der Waals surface area contributed by atoms with Gasteiger partial charge >= 0.3 is 5.97 Å². The van der Waals surface area contributed by atoms with Crippen LogP contribution in [-0.4, -0.2) is 40.0 Å². The molecule has 2 heterocycles. The van der Waals surface area contributed by atoms with Gasteiger partial charge in [0.1, 0.15) is 0 Å². The van der Waals surface area contributed by atoms with Gasteiger partial charge in [-0.2, -0.15) is 0 Å². The summed E-state index contributed by atoms with van der Waals surface area (Å²) in [4.78, 5) is 29.3. The van der Waals surface area contributed by atoms with Gasteiger partial charge in [0.2, 0.25) is 5.91 Å². The van der Waals surface area contributed by atoms with E-state index in [0.717, 1.165) is 12.1 Å². The molecule has 0 aliphatic carbocycles. The average molecular weight is 364 g/mol.